The number of piperidine rings is 1. The third kappa shape index (κ3) is 4.05. The Labute approximate surface area is 147 Å². The molecule has 0 bridgehead atoms. The Kier molecular flexibility index (Phi) is 5.70. The topological polar surface area (TPSA) is 44.8 Å². The van der Waals surface area contributed by atoms with Crippen LogP contribution in [0.15, 0.2) is 0 Å². The Balaban J connectivity index is 1.50. The van der Waals surface area contributed by atoms with E-state index in [1.54, 1.807) is 0 Å². The lowest BCUT2D eigenvalue weighted by atomic mass is 9.85. The molecule has 3 fully saturated rings. The average molecular weight is 338 g/mol. The maximum atomic E-state index is 12.7. The van der Waals surface area contributed by atoms with Crippen LogP contribution < -0.4 is 5.32 Å². The van der Waals surface area contributed by atoms with Gasteiger partial charge in [0.15, 0.2) is 0 Å². The molecule has 0 spiro atoms. The van der Waals surface area contributed by atoms with Crippen LogP contribution in [0.3, 0.4) is 0 Å². The van der Waals surface area contributed by atoms with Crippen molar-refractivity contribution in [3.63, 3.8) is 0 Å². The second-order valence-corrected chi connectivity index (χ2v) is 8.29. The second-order valence-electron chi connectivity index (χ2n) is 8.29. The van der Waals surface area contributed by atoms with Crippen LogP contribution in [0, 0.1) is 5.92 Å². The molecule has 138 valence electrons. The first kappa shape index (κ1) is 18.0. The lowest BCUT2D eigenvalue weighted by Crippen LogP contribution is -2.57. The van der Waals surface area contributed by atoms with Gasteiger partial charge < -0.3 is 19.9 Å². The van der Waals surface area contributed by atoms with Gasteiger partial charge in [-0.05, 0) is 58.4 Å². The molecule has 1 aliphatic carbocycles. The Morgan fingerprint density at radius 1 is 1.29 bits per heavy atom. The molecule has 1 saturated carbocycles. The van der Waals surface area contributed by atoms with Crippen molar-refractivity contribution in [1.82, 2.24) is 15.1 Å². The van der Waals surface area contributed by atoms with Gasteiger partial charge in [-0.2, -0.15) is 0 Å². The fourth-order valence-corrected chi connectivity index (χ4v) is 4.25. The number of urea groups is 1. The van der Waals surface area contributed by atoms with Crippen LogP contribution in [0.5, 0.6) is 0 Å². The van der Waals surface area contributed by atoms with Crippen LogP contribution in [0.2, 0.25) is 0 Å². The Morgan fingerprint density at radius 3 is 2.75 bits per heavy atom. The quantitative estimate of drug-likeness (QED) is 0.858. The molecule has 2 aliphatic heterocycles. The monoisotopic (exact) mass is 337 g/mol. The van der Waals surface area contributed by atoms with E-state index in [0.717, 1.165) is 19.0 Å². The zero-order valence-electron chi connectivity index (χ0n) is 15.7. The first-order chi connectivity index (χ1) is 11.5. The fraction of sp³-hybridized carbons (Fsp3) is 0.947. The maximum absolute atomic E-state index is 12.7. The molecule has 5 heteroatoms. The number of ether oxygens (including phenoxy) is 1. The number of nitrogens with zero attached hydrogens (tertiary/aromatic N) is 2. The molecular formula is C19H35N3O2. The summed E-state index contributed by atoms with van der Waals surface area (Å²) in [4.78, 5) is 17.3. The van der Waals surface area contributed by atoms with Crippen molar-refractivity contribution in [2.75, 3.05) is 32.8 Å². The van der Waals surface area contributed by atoms with Crippen molar-refractivity contribution in [2.45, 2.75) is 77.0 Å². The first-order valence-electron chi connectivity index (χ1n) is 9.94. The van der Waals surface area contributed by atoms with Gasteiger partial charge in [-0.1, -0.05) is 13.3 Å². The molecule has 24 heavy (non-hydrogen) atoms. The highest BCUT2D eigenvalue weighted by Gasteiger charge is 2.35. The molecule has 0 aromatic carbocycles. The van der Waals surface area contributed by atoms with Crippen molar-refractivity contribution in [3.8, 4) is 0 Å². The fourth-order valence-electron chi connectivity index (χ4n) is 4.25. The van der Waals surface area contributed by atoms with Gasteiger partial charge in [-0.25, -0.2) is 4.79 Å². The molecule has 2 amide bonds. The van der Waals surface area contributed by atoms with Crippen molar-refractivity contribution < 1.29 is 9.53 Å². The van der Waals surface area contributed by atoms with E-state index in [9.17, 15) is 4.79 Å². The molecule has 1 N–H and O–H groups in total. The molecule has 0 aromatic rings. The highest BCUT2D eigenvalue weighted by molar-refractivity contribution is 5.74. The molecule has 2 saturated heterocycles. The van der Waals surface area contributed by atoms with Gasteiger partial charge in [-0.15, -0.1) is 0 Å². The third-order valence-electron chi connectivity index (χ3n) is 6.51. The largest absolute Gasteiger partial charge is 0.372 e. The molecule has 0 unspecified atom stereocenters. The van der Waals surface area contributed by atoms with Crippen LogP contribution in [-0.2, 0) is 4.74 Å². The molecule has 3 aliphatic rings. The number of likely N-dealkylation sites (tertiary alicyclic amines) is 1. The van der Waals surface area contributed by atoms with Gasteiger partial charge in [0.25, 0.3) is 0 Å². The van der Waals surface area contributed by atoms with Crippen molar-refractivity contribution in [3.05, 3.63) is 0 Å². The number of rotatable bonds is 4. The second kappa shape index (κ2) is 7.61. The SMILES string of the molecule is CC[C@@]1(C)CN(C(=O)N[C@@H](C)[C@@H]2CCCN(C3CCC3)C2)CCO1. The summed E-state index contributed by atoms with van der Waals surface area (Å²) in [5.74, 6) is 0.585. The minimum Gasteiger partial charge on any atom is -0.372 e. The standard InChI is InChI=1S/C19H35N3O2/c1-4-19(3)14-22(11-12-24-19)18(23)20-15(2)16-7-6-10-21(13-16)17-8-5-9-17/h15-17H,4-14H2,1-3H3,(H,20,23)/t15-,16+,19-/m0/s1. The molecular weight excluding hydrogens is 302 g/mol. The van der Waals surface area contributed by atoms with E-state index in [4.69, 9.17) is 4.74 Å². The first-order valence-corrected chi connectivity index (χ1v) is 9.94. The van der Waals surface area contributed by atoms with Gasteiger partial charge in [0.2, 0.25) is 0 Å². The van der Waals surface area contributed by atoms with E-state index in [1.807, 2.05) is 4.90 Å². The van der Waals surface area contributed by atoms with E-state index < -0.39 is 0 Å². The predicted octanol–water partition coefficient (Wildman–Crippen LogP) is 2.85. The Bertz CT molecular complexity index is 440. The smallest absolute Gasteiger partial charge is 0.317 e. The Hall–Kier alpha value is -0.810. The number of carbonyl (C=O) groups excluding carboxylic acids is 1. The Morgan fingerprint density at radius 2 is 2.08 bits per heavy atom. The summed E-state index contributed by atoms with van der Waals surface area (Å²) in [6, 6.07) is 1.16. The van der Waals surface area contributed by atoms with Gasteiger partial charge >= 0.3 is 6.03 Å². The third-order valence-corrected chi connectivity index (χ3v) is 6.51. The van der Waals surface area contributed by atoms with Gasteiger partial charge in [-0.3, -0.25) is 0 Å². The number of amides is 2. The van der Waals surface area contributed by atoms with Crippen LogP contribution in [0.4, 0.5) is 4.79 Å². The lowest BCUT2D eigenvalue weighted by Gasteiger charge is -2.44. The van der Waals surface area contributed by atoms with E-state index in [0.29, 0.717) is 25.6 Å². The van der Waals surface area contributed by atoms with E-state index in [2.05, 4.69) is 31.0 Å². The molecule has 0 aromatic heterocycles. The molecule has 3 atom stereocenters. The summed E-state index contributed by atoms with van der Waals surface area (Å²) in [6.45, 7) is 10.9. The van der Waals surface area contributed by atoms with Crippen LogP contribution in [0.25, 0.3) is 0 Å². The number of carbonyl (C=O) groups is 1. The van der Waals surface area contributed by atoms with Crippen molar-refractivity contribution >= 4 is 6.03 Å². The summed E-state index contributed by atoms with van der Waals surface area (Å²) in [5.41, 5.74) is -0.190. The lowest BCUT2D eigenvalue weighted by molar-refractivity contribution is -0.0876. The van der Waals surface area contributed by atoms with E-state index in [-0.39, 0.29) is 17.7 Å². The molecule has 5 nitrogen and oxygen atoms in total. The van der Waals surface area contributed by atoms with E-state index >= 15 is 0 Å². The highest BCUT2D eigenvalue weighted by Crippen LogP contribution is 2.30. The van der Waals surface area contributed by atoms with Gasteiger partial charge in [0.1, 0.15) is 0 Å². The molecule has 3 rings (SSSR count). The highest BCUT2D eigenvalue weighted by atomic mass is 16.5. The average Bonchev–Trinajstić information content (AvgIpc) is 2.53. The summed E-state index contributed by atoms with van der Waals surface area (Å²) in [7, 11) is 0. The zero-order chi connectivity index (χ0) is 17.2. The van der Waals surface area contributed by atoms with Crippen LogP contribution in [-0.4, -0.2) is 66.3 Å². The predicted molar refractivity (Wildman–Crippen MR) is 96.2 cm³/mol. The van der Waals surface area contributed by atoms with Crippen LogP contribution in [0.1, 0.15) is 59.3 Å². The number of hydrogen-bond acceptors (Lipinski definition) is 3. The zero-order valence-corrected chi connectivity index (χ0v) is 15.7. The summed E-state index contributed by atoms with van der Waals surface area (Å²) in [5, 5.41) is 3.28. The van der Waals surface area contributed by atoms with Crippen molar-refractivity contribution in [1.29, 1.82) is 0 Å². The summed E-state index contributed by atoms with van der Waals surface area (Å²) < 4.78 is 5.85. The van der Waals surface area contributed by atoms with Gasteiger partial charge in [0.05, 0.1) is 18.8 Å². The number of morpholine rings is 1. The van der Waals surface area contributed by atoms with Crippen LogP contribution >= 0.6 is 0 Å². The number of hydrogen-bond donors (Lipinski definition) is 1. The van der Waals surface area contributed by atoms with Crippen molar-refractivity contribution in [2.24, 2.45) is 5.92 Å². The summed E-state index contributed by atoms with van der Waals surface area (Å²) >= 11 is 0. The summed E-state index contributed by atoms with van der Waals surface area (Å²) in [6.07, 6.45) is 7.58. The van der Waals surface area contributed by atoms with Gasteiger partial charge in [0, 0.05) is 25.2 Å². The maximum Gasteiger partial charge on any atom is 0.317 e. The number of nitrogens with one attached hydrogen (secondary N) is 1. The van der Waals surface area contributed by atoms with E-state index in [1.165, 1.54) is 38.6 Å². The molecule has 2 heterocycles. The molecule has 0 radical (unpaired) electrons. The minimum atomic E-state index is -0.190. The normalized spacial score (nSPS) is 33.8. The minimum absolute atomic E-state index is 0.0891.